The van der Waals surface area contributed by atoms with Crippen LogP contribution in [0.2, 0.25) is 5.02 Å². The van der Waals surface area contributed by atoms with Gasteiger partial charge in [0, 0.05) is 43.0 Å². The lowest BCUT2D eigenvalue weighted by atomic mass is 10.2. The van der Waals surface area contributed by atoms with Gasteiger partial charge in [0.1, 0.15) is 5.75 Å². The number of piperazine rings is 1. The molecule has 1 amide bonds. The second-order valence-corrected chi connectivity index (χ2v) is 6.87. The van der Waals surface area contributed by atoms with Gasteiger partial charge >= 0.3 is 0 Å². The van der Waals surface area contributed by atoms with Gasteiger partial charge in [-0.05, 0) is 24.3 Å². The van der Waals surface area contributed by atoms with Crippen molar-refractivity contribution in [1.29, 1.82) is 0 Å². The van der Waals surface area contributed by atoms with Crippen LogP contribution in [0.3, 0.4) is 0 Å². The highest BCUT2D eigenvalue weighted by Gasteiger charge is 2.20. The van der Waals surface area contributed by atoms with Crippen LogP contribution in [0.1, 0.15) is 0 Å². The molecule has 0 aromatic heterocycles. The zero-order valence-corrected chi connectivity index (χ0v) is 16.2. The molecule has 0 radical (unpaired) electrons. The first-order valence-corrected chi connectivity index (χ1v) is 9.19. The summed E-state index contributed by atoms with van der Waals surface area (Å²) in [5.74, 6) is 0.0664. The third kappa shape index (κ3) is 4.90. The van der Waals surface area contributed by atoms with Crippen molar-refractivity contribution in [2.45, 2.75) is 0 Å². The second-order valence-electron chi connectivity index (χ2n) is 6.43. The average Bonchev–Trinajstić information content (AvgIpc) is 2.68. The molecule has 1 N–H and O–H groups in total. The Balaban J connectivity index is 1.54. The lowest BCUT2D eigenvalue weighted by Gasteiger charge is -2.35. The van der Waals surface area contributed by atoms with Gasteiger partial charge in [-0.15, -0.1) is 0 Å². The van der Waals surface area contributed by atoms with Crippen molar-refractivity contribution in [3.8, 4) is 5.75 Å². The SMILES string of the molecule is COc1cc([N+](=O)[O-])ccc1NC(=O)CN1CCN(c2cccc(Cl)c2)CC1. The summed E-state index contributed by atoms with van der Waals surface area (Å²) in [4.78, 5) is 27.0. The highest BCUT2D eigenvalue weighted by Crippen LogP contribution is 2.29. The number of ether oxygens (including phenoxy) is 1. The van der Waals surface area contributed by atoms with Gasteiger partial charge in [0.2, 0.25) is 5.91 Å². The van der Waals surface area contributed by atoms with Crippen LogP contribution in [0.15, 0.2) is 42.5 Å². The van der Waals surface area contributed by atoms with Crippen molar-refractivity contribution in [2.75, 3.05) is 50.1 Å². The van der Waals surface area contributed by atoms with Crippen molar-refractivity contribution in [3.05, 3.63) is 57.6 Å². The van der Waals surface area contributed by atoms with Crippen LogP contribution in [0.5, 0.6) is 5.75 Å². The molecule has 1 saturated heterocycles. The number of benzene rings is 2. The van der Waals surface area contributed by atoms with Gasteiger partial charge in [-0.1, -0.05) is 17.7 Å². The number of methoxy groups -OCH3 is 1. The van der Waals surface area contributed by atoms with Gasteiger partial charge in [-0.2, -0.15) is 0 Å². The van der Waals surface area contributed by atoms with Crippen LogP contribution in [-0.4, -0.2) is 55.6 Å². The zero-order chi connectivity index (χ0) is 20.1. The Kier molecular flexibility index (Phi) is 6.33. The Hall–Kier alpha value is -2.84. The summed E-state index contributed by atoms with van der Waals surface area (Å²) in [6, 6.07) is 11.8. The average molecular weight is 405 g/mol. The molecule has 1 fully saturated rings. The first-order valence-electron chi connectivity index (χ1n) is 8.81. The van der Waals surface area contributed by atoms with Crippen molar-refractivity contribution >= 4 is 34.6 Å². The first-order chi connectivity index (χ1) is 13.5. The maximum Gasteiger partial charge on any atom is 0.273 e. The van der Waals surface area contributed by atoms with Crippen LogP contribution in [-0.2, 0) is 4.79 Å². The van der Waals surface area contributed by atoms with Gasteiger partial charge in [-0.3, -0.25) is 19.8 Å². The molecule has 1 heterocycles. The third-order valence-electron chi connectivity index (χ3n) is 4.58. The molecule has 0 bridgehead atoms. The Labute approximate surface area is 167 Å². The van der Waals surface area contributed by atoms with Crippen LogP contribution in [0.4, 0.5) is 17.1 Å². The number of nitro groups is 1. The summed E-state index contributed by atoms with van der Waals surface area (Å²) >= 11 is 6.05. The van der Waals surface area contributed by atoms with Crippen LogP contribution in [0, 0.1) is 10.1 Å². The largest absolute Gasteiger partial charge is 0.494 e. The quantitative estimate of drug-likeness (QED) is 0.588. The molecule has 2 aromatic carbocycles. The van der Waals surface area contributed by atoms with E-state index in [9.17, 15) is 14.9 Å². The minimum absolute atomic E-state index is 0.0908. The van der Waals surface area contributed by atoms with Gasteiger partial charge in [0.25, 0.3) is 5.69 Å². The molecule has 1 aliphatic heterocycles. The van der Waals surface area contributed by atoms with E-state index in [1.54, 1.807) is 0 Å². The second kappa shape index (κ2) is 8.90. The van der Waals surface area contributed by atoms with E-state index in [0.717, 1.165) is 31.9 Å². The van der Waals surface area contributed by atoms with E-state index in [4.69, 9.17) is 16.3 Å². The number of nitrogens with zero attached hydrogens (tertiary/aromatic N) is 3. The minimum Gasteiger partial charge on any atom is -0.494 e. The number of nitro benzene ring substituents is 1. The van der Waals surface area contributed by atoms with Gasteiger partial charge < -0.3 is 15.0 Å². The number of hydrogen-bond donors (Lipinski definition) is 1. The Morgan fingerprint density at radius 1 is 1.21 bits per heavy atom. The number of amides is 1. The van der Waals surface area contributed by atoms with E-state index in [0.29, 0.717) is 10.7 Å². The molecular formula is C19H21ClN4O4. The van der Waals surface area contributed by atoms with Crippen molar-refractivity contribution in [2.24, 2.45) is 0 Å². The van der Waals surface area contributed by atoms with Gasteiger partial charge in [0.05, 0.1) is 30.3 Å². The minimum atomic E-state index is -0.506. The highest BCUT2D eigenvalue weighted by molar-refractivity contribution is 6.30. The summed E-state index contributed by atoms with van der Waals surface area (Å²) in [6.07, 6.45) is 0. The van der Waals surface area contributed by atoms with Crippen LogP contribution in [0.25, 0.3) is 0 Å². The van der Waals surface area contributed by atoms with Crippen molar-refractivity contribution in [3.63, 3.8) is 0 Å². The topological polar surface area (TPSA) is 87.9 Å². The molecule has 8 nitrogen and oxygen atoms in total. The molecule has 1 aliphatic rings. The summed E-state index contributed by atoms with van der Waals surface area (Å²) < 4.78 is 5.15. The summed E-state index contributed by atoms with van der Waals surface area (Å²) in [5.41, 5.74) is 1.40. The third-order valence-corrected chi connectivity index (χ3v) is 4.82. The number of halogens is 1. The summed E-state index contributed by atoms with van der Waals surface area (Å²) in [5, 5.41) is 14.3. The predicted octanol–water partition coefficient (Wildman–Crippen LogP) is 3.02. The Morgan fingerprint density at radius 2 is 1.96 bits per heavy atom. The molecule has 3 rings (SSSR count). The van der Waals surface area contributed by atoms with Crippen molar-refractivity contribution < 1.29 is 14.5 Å². The summed E-state index contributed by atoms with van der Waals surface area (Å²) in [6.45, 7) is 3.33. The number of hydrogen-bond acceptors (Lipinski definition) is 6. The normalized spacial score (nSPS) is 14.6. The molecule has 9 heteroatoms. The smallest absolute Gasteiger partial charge is 0.273 e. The molecule has 0 saturated carbocycles. The molecule has 0 unspecified atom stereocenters. The maximum absolute atomic E-state index is 12.4. The fraction of sp³-hybridized carbons (Fsp3) is 0.316. The molecule has 0 atom stereocenters. The van der Waals surface area contributed by atoms with Crippen molar-refractivity contribution in [1.82, 2.24) is 4.90 Å². The van der Waals surface area contributed by atoms with E-state index >= 15 is 0 Å². The van der Waals surface area contributed by atoms with Gasteiger partial charge in [-0.25, -0.2) is 0 Å². The molecule has 2 aromatic rings. The molecule has 0 aliphatic carbocycles. The lowest BCUT2D eigenvalue weighted by molar-refractivity contribution is -0.384. The van der Waals surface area contributed by atoms with Crippen LogP contribution >= 0.6 is 11.6 Å². The molecule has 0 spiro atoms. The fourth-order valence-electron chi connectivity index (χ4n) is 3.13. The van der Waals surface area contributed by atoms with Crippen LogP contribution < -0.4 is 15.0 Å². The van der Waals surface area contributed by atoms with Gasteiger partial charge in [0.15, 0.2) is 0 Å². The standard InChI is InChI=1S/C19H21ClN4O4/c1-28-18-12-16(24(26)27)5-6-17(18)21-19(25)13-22-7-9-23(10-8-22)15-4-2-3-14(20)11-15/h2-6,11-12H,7-10,13H2,1H3,(H,21,25). The number of rotatable bonds is 6. The number of nitrogens with one attached hydrogen (secondary N) is 1. The van der Waals surface area contributed by atoms with E-state index in [1.807, 2.05) is 24.3 Å². The number of carbonyl (C=O) groups is 1. The number of carbonyl (C=O) groups excluding carboxylic acids is 1. The maximum atomic E-state index is 12.4. The van der Waals surface area contributed by atoms with E-state index < -0.39 is 4.92 Å². The number of non-ortho nitro benzene ring substituents is 1. The Morgan fingerprint density at radius 3 is 2.61 bits per heavy atom. The monoisotopic (exact) mass is 404 g/mol. The Bertz CT molecular complexity index is 869. The van der Waals surface area contributed by atoms with E-state index in [2.05, 4.69) is 15.1 Å². The predicted molar refractivity (Wildman–Crippen MR) is 108 cm³/mol. The first kappa shape index (κ1) is 19.9. The molecule has 28 heavy (non-hydrogen) atoms. The lowest BCUT2D eigenvalue weighted by Crippen LogP contribution is -2.48. The van der Waals surface area contributed by atoms with E-state index in [1.165, 1.54) is 25.3 Å². The number of anilines is 2. The summed E-state index contributed by atoms with van der Waals surface area (Å²) in [7, 11) is 1.41. The fourth-order valence-corrected chi connectivity index (χ4v) is 3.31. The van der Waals surface area contributed by atoms with E-state index in [-0.39, 0.29) is 23.9 Å². The molecule has 148 valence electrons. The highest BCUT2D eigenvalue weighted by atomic mass is 35.5. The molecular weight excluding hydrogens is 384 g/mol. The zero-order valence-electron chi connectivity index (χ0n) is 15.4.